The minimum Gasteiger partial charge on any atom is -0.356 e. The second-order valence-electron chi connectivity index (χ2n) is 6.98. The number of aromatic nitrogens is 3. The van der Waals surface area contributed by atoms with E-state index in [0.717, 1.165) is 61.6 Å². The van der Waals surface area contributed by atoms with E-state index in [1.54, 1.807) is 6.20 Å². The number of nitrogens with one attached hydrogen (secondary N) is 1. The summed E-state index contributed by atoms with van der Waals surface area (Å²) in [5.74, 6) is 1.77. The van der Waals surface area contributed by atoms with E-state index in [1.807, 2.05) is 37.3 Å². The van der Waals surface area contributed by atoms with Crippen molar-refractivity contribution in [1.29, 1.82) is 0 Å². The summed E-state index contributed by atoms with van der Waals surface area (Å²) in [4.78, 5) is 23.9. The van der Waals surface area contributed by atoms with E-state index in [-0.39, 0.29) is 5.91 Å². The van der Waals surface area contributed by atoms with Crippen LogP contribution in [0.15, 0.2) is 42.6 Å². The van der Waals surface area contributed by atoms with E-state index in [4.69, 9.17) is 0 Å². The van der Waals surface area contributed by atoms with Gasteiger partial charge in [0.1, 0.15) is 11.6 Å². The van der Waals surface area contributed by atoms with Gasteiger partial charge < -0.3 is 14.8 Å². The summed E-state index contributed by atoms with van der Waals surface area (Å²) in [5.41, 5.74) is 2.83. The Labute approximate surface area is 159 Å². The molecule has 1 amide bonds. The average molecular weight is 363 g/mol. The molecule has 1 saturated heterocycles. The maximum absolute atomic E-state index is 12.7. The van der Waals surface area contributed by atoms with Crippen LogP contribution < -0.4 is 10.2 Å². The Hall–Kier alpha value is -2.89. The summed E-state index contributed by atoms with van der Waals surface area (Å²) >= 11 is 0. The Morgan fingerprint density at radius 2 is 1.96 bits per heavy atom. The molecule has 0 radical (unpaired) electrons. The summed E-state index contributed by atoms with van der Waals surface area (Å²) in [6, 6.07) is 11.9. The first-order valence-electron chi connectivity index (χ1n) is 9.64. The Bertz CT molecular complexity index is 943. The normalized spacial score (nSPS) is 14.0. The summed E-state index contributed by atoms with van der Waals surface area (Å²) in [7, 11) is 0. The van der Waals surface area contributed by atoms with Gasteiger partial charge >= 0.3 is 0 Å². The molecule has 3 heterocycles. The van der Waals surface area contributed by atoms with Crippen molar-refractivity contribution in [3.63, 3.8) is 0 Å². The van der Waals surface area contributed by atoms with Crippen LogP contribution in [0.1, 0.15) is 35.4 Å². The highest BCUT2D eigenvalue weighted by Crippen LogP contribution is 2.22. The number of imidazole rings is 1. The third-order valence-electron chi connectivity index (χ3n) is 5.13. The topological polar surface area (TPSA) is 63.1 Å². The maximum Gasteiger partial charge on any atom is 0.255 e. The lowest BCUT2D eigenvalue weighted by molar-refractivity contribution is 0.0953. The van der Waals surface area contributed by atoms with E-state index in [0.29, 0.717) is 12.1 Å². The lowest BCUT2D eigenvalue weighted by Gasteiger charge is -2.19. The molecule has 2 aromatic heterocycles. The number of aryl methyl sites for hydroxylation is 2. The number of carbonyl (C=O) groups excluding carboxylic acids is 1. The van der Waals surface area contributed by atoms with Crippen molar-refractivity contribution in [2.45, 2.75) is 32.7 Å². The summed E-state index contributed by atoms with van der Waals surface area (Å²) in [6.45, 7) is 5.43. The van der Waals surface area contributed by atoms with Crippen molar-refractivity contribution in [2.24, 2.45) is 0 Å². The monoisotopic (exact) mass is 363 g/mol. The highest BCUT2D eigenvalue weighted by atomic mass is 16.1. The van der Waals surface area contributed by atoms with Crippen molar-refractivity contribution in [3.8, 4) is 0 Å². The lowest BCUT2D eigenvalue weighted by atomic mass is 10.2. The van der Waals surface area contributed by atoms with Crippen LogP contribution in [-0.2, 0) is 6.54 Å². The molecule has 1 N–H and O–H groups in total. The molecule has 0 bridgehead atoms. The number of hydrogen-bond donors (Lipinski definition) is 1. The van der Waals surface area contributed by atoms with Crippen LogP contribution in [0.25, 0.3) is 11.0 Å². The number of para-hydroxylation sites is 2. The fourth-order valence-corrected chi connectivity index (χ4v) is 3.77. The molecule has 0 saturated carbocycles. The molecular formula is C21H25N5O. The molecule has 1 fully saturated rings. The van der Waals surface area contributed by atoms with Crippen molar-refractivity contribution in [2.75, 3.05) is 24.5 Å². The van der Waals surface area contributed by atoms with Gasteiger partial charge in [-0.15, -0.1) is 0 Å². The van der Waals surface area contributed by atoms with E-state index >= 15 is 0 Å². The van der Waals surface area contributed by atoms with Gasteiger partial charge in [-0.1, -0.05) is 12.1 Å². The van der Waals surface area contributed by atoms with Gasteiger partial charge in [0.05, 0.1) is 16.6 Å². The van der Waals surface area contributed by atoms with E-state index in [9.17, 15) is 4.79 Å². The zero-order chi connectivity index (χ0) is 18.6. The molecule has 140 valence electrons. The van der Waals surface area contributed by atoms with Gasteiger partial charge in [-0.3, -0.25) is 4.79 Å². The Morgan fingerprint density at radius 3 is 2.81 bits per heavy atom. The molecule has 27 heavy (non-hydrogen) atoms. The smallest absolute Gasteiger partial charge is 0.255 e. The van der Waals surface area contributed by atoms with E-state index in [2.05, 4.69) is 30.8 Å². The predicted octanol–water partition coefficient (Wildman–Crippen LogP) is 3.16. The number of fused-ring (bicyclic) bond motifs is 1. The molecule has 0 unspecified atom stereocenters. The molecule has 0 spiro atoms. The number of amides is 1. The second kappa shape index (κ2) is 7.78. The van der Waals surface area contributed by atoms with Crippen molar-refractivity contribution >= 4 is 22.8 Å². The van der Waals surface area contributed by atoms with Gasteiger partial charge in [-0.25, -0.2) is 9.97 Å². The van der Waals surface area contributed by atoms with Crippen LogP contribution in [0.2, 0.25) is 0 Å². The van der Waals surface area contributed by atoms with Crippen molar-refractivity contribution < 1.29 is 4.79 Å². The van der Waals surface area contributed by atoms with Crippen LogP contribution in [0.3, 0.4) is 0 Å². The van der Waals surface area contributed by atoms with Crippen LogP contribution in [0.5, 0.6) is 0 Å². The zero-order valence-corrected chi connectivity index (χ0v) is 15.7. The minimum atomic E-state index is -0.0442. The summed E-state index contributed by atoms with van der Waals surface area (Å²) < 4.78 is 2.21. The molecule has 4 rings (SSSR count). The van der Waals surface area contributed by atoms with Crippen molar-refractivity contribution in [1.82, 2.24) is 19.9 Å². The van der Waals surface area contributed by atoms with Gasteiger partial charge in [-0.2, -0.15) is 0 Å². The maximum atomic E-state index is 12.7. The van der Waals surface area contributed by atoms with Crippen LogP contribution in [-0.4, -0.2) is 40.1 Å². The van der Waals surface area contributed by atoms with Gasteiger partial charge in [0, 0.05) is 32.4 Å². The number of nitrogens with zero attached hydrogens (tertiary/aromatic N) is 4. The van der Waals surface area contributed by atoms with E-state index in [1.165, 1.54) is 0 Å². The molecule has 1 aliphatic heterocycles. The first-order valence-corrected chi connectivity index (χ1v) is 9.64. The number of rotatable bonds is 6. The highest BCUT2D eigenvalue weighted by Gasteiger charge is 2.20. The molecule has 6 nitrogen and oxygen atoms in total. The first kappa shape index (κ1) is 17.5. The number of anilines is 1. The van der Waals surface area contributed by atoms with Gasteiger partial charge in [0.25, 0.3) is 5.91 Å². The fourth-order valence-electron chi connectivity index (χ4n) is 3.77. The average Bonchev–Trinajstić information content (AvgIpc) is 3.33. The fraction of sp³-hybridized carbons (Fsp3) is 0.381. The third kappa shape index (κ3) is 3.65. The Kier molecular flexibility index (Phi) is 5.05. The lowest BCUT2D eigenvalue weighted by Crippen LogP contribution is -2.29. The standard InChI is InChI=1S/C21H25N5O/c1-16-24-18-9-2-3-10-19(18)26(16)15-7-12-23-21(27)17-8-6-11-22-20(17)25-13-4-5-14-25/h2-3,6,8-11H,4-5,7,12-15H2,1H3,(H,23,27). The van der Waals surface area contributed by atoms with Crippen LogP contribution >= 0.6 is 0 Å². The van der Waals surface area contributed by atoms with Crippen LogP contribution in [0.4, 0.5) is 5.82 Å². The van der Waals surface area contributed by atoms with Gasteiger partial charge in [0.2, 0.25) is 0 Å². The number of carbonyl (C=O) groups is 1. The number of benzene rings is 1. The molecule has 6 heteroatoms. The van der Waals surface area contributed by atoms with Gasteiger partial charge in [0.15, 0.2) is 0 Å². The summed E-state index contributed by atoms with van der Waals surface area (Å²) in [6.07, 6.45) is 4.94. The molecular weight excluding hydrogens is 338 g/mol. The second-order valence-corrected chi connectivity index (χ2v) is 6.98. The molecule has 1 aliphatic rings. The largest absolute Gasteiger partial charge is 0.356 e. The quantitative estimate of drug-likeness (QED) is 0.684. The van der Waals surface area contributed by atoms with Gasteiger partial charge in [-0.05, 0) is 50.5 Å². The zero-order valence-electron chi connectivity index (χ0n) is 15.7. The summed E-state index contributed by atoms with van der Waals surface area (Å²) in [5, 5.41) is 3.05. The molecule has 0 atom stereocenters. The SMILES string of the molecule is Cc1nc2ccccc2n1CCCNC(=O)c1cccnc1N1CCCC1. The number of pyridine rings is 1. The van der Waals surface area contributed by atoms with E-state index < -0.39 is 0 Å². The predicted molar refractivity (Wildman–Crippen MR) is 107 cm³/mol. The highest BCUT2D eigenvalue weighted by molar-refractivity contribution is 5.98. The number of hydrogen-bond acceptors (Lipinski definition) is 4. The Balaban J connectivity index is 1.37. The van der Waals surface area contributed by atoms with Crippen molar-refractivity contribution in [3.05, 3.63) is 54.0 Å². The third-order valence-corrected chi connectivity index (χ3v) is 5.13. The molecule has 1 aromatic carbocycles. The van der Waals surface area contributed by atoms with Crippen LogP contribution in [0, 0.1) is 6.92 Å². The Morgan fingerprint density at radius 1 is 1.15 bits per heavy atom. The first-order chi connectivity index (χ1) is 13.2. The molecule has 3 aromatic rings. The molecule has 0 aliphatic carbocycles. The minimum absolute atomic E-state index is 0.0442.